The summed E-state index contributed by atoms with van der Waals surface area (Å²) in [6.07, 6.45) is 4.50. The van der Waals surface area contributed by atoms with Gasteiger partial charge in [0, 0.05) is 37.6 Å². The van der Waals surface area contributed by atoms with E-state index in [1.807, 2.05) is 34.0 Å². The molecule has 0 saturated heterocycles. The molecule has 5 heteroatoms. The molecule has 0 amide bonds. The summed E-state index contributed by atoms with van der Waals surface area (Å²) in [7, 11) is 4.06. The highest BCUT2D eigenvalue weighted by Crippen LogP contribution is 2.22. The molecule has 0 aliphatic heterocycles. The lowest BCUT2D eigenvalue weighted by Gasteiger charge is -2.19. The molecule has 0 saturated carbocycles. The maximum atomic E-state index is 9.79. The number of hydrogen-bond donors (Lipinski definition) is 2. The molecule has 136 valence electrons. The predicted molar refractivity (Wildman–Crippen MR) is 105 cm³/mol. The molecule has 1 unspecified atom stereocenters. The Bertz CT molecular complexity index is 662. The Balaban J connectivity index is 1.98. The lowest BCUT2D eigenvalue weighted by atomic mass is 10.00. The molecule has 2 aromatic rings. The van der Waals surface area contributed by atoms with Crippen molar-refractivity contribution in [2.75, 3.05) is 24.3 Å². The number of anilines is 2. The largest absolute Gasteiger partial charge is 0.390 e. The fourth-order valence-electron chi connectivity index (χ4n) is 2.65. The third-order valence-corrected chi connectivity index (χ3v) is 4.14. The highest BCUT2D eigenvalue weighted by Gasteiger charge is 2.13. The van der Waals surface area contributed by atoms with E-state index in [2.05, 4.69) is 51.4 Å². The summed E-state index contributed by atoms with van der Waals surface area (Å²) >= 11 is 0. The smallest absolute Gasteiger partial charge is 0.223 e. The Hall–Kier alpha value is -2.14. The number of nitrogens with zero attached hydrogens (tertiary/aromatic N) is 3. The first-order valence-corrected chi connectivity index (χ1v) is 8.84. The van der Waals surface area contributed by atoms with Gasteiger partial charge in [0.2, 0.25) is 5.95 Å². The lowest BCUT2D eigenvalue weighted by Crippen LogP contribution is -2.21. The minimum atomic E-state index is -0.602. The first kappa shape index (κ1) is 19.2. The zero-order valence-corrected chi connectivity index (χ0v) is 16.0. The van der Waals surface area contributed by atoms with Crippen LogP contribution in [0.5, 0.6) is 0 Å². The van der Waals surface area contributed by atoms with Crippen LogP contribution in [0, 0.1) is 0 Å². The van der Waals surface area contributed by atoms with Gasteiger partial charge < -0.3 is 15.3 Å². The number of rotatable bonds is 8. The van der Waals surface area contributed by atoms with Crippen molar-refractivity contribution >= 4 is 11.6 Å². The highest BCUT2D eigenvalue weighted by molar-refractivity contribution is 5.63. The minimum Gasteiger partial charge on any atom is -0.390 e. The number of aromatic nitrogens is 2. The van der Waals surface area contributed by atoms with Gasteiger partial charge in [-0.15, -0.1) is 0 Å². The molecular weight excluding hydrogens is 312 g/mol. The number of hydrogen-bond acceptors (Lipinski definition) is 5. The summed E-state index contributed by atoms with van der Waals surface area (Å²) in [5.41, 5.74) is 2.54. The molecular formula is C20H30N4O. The van der Waals surface area contributed by atoms with Crippen LogP contribution < -0.4 is 10.2 Å². The Labute approximate surface area is 151 Å². The molecule has 25 heavy (non-hydrogen) atoms. The van der Waals surface area contributed by atoms with Gasteiger partial charge in [-0.1, -0.05) is 12.1 Å². The standard InChI is InChI=1S/C20H30N4O/c1-15(7-6-13-20(2,3)25)22-19-21-14-12-18(23-19)16-8-10-17(11-9-16)24(4)5/h8-12,14-15,25H,6-7,13H2,1-5H3,(H,21,22,23). The van der Waals surface area contributed by atoms with Gasteiger partial charge in [0.05, 0.1) is 11.3 Å². The second-order valence-electron chi connectivity index (χ2n) is 7.46. The van der Waals surface area contributed by atoms with Gasteiger partial charge in [-0.3, -0.25) is 0 Å². The van der Waals surface area contributed by atoms with Gasteiger partial charge in [0.25, 0.3) is 0 Å². The van der Waals surface area contributed by atoms with Crippen LogP contribution >= 0.6 is 0 Å². The maximum Gasteiger partial charge on any atom is 0.223 e. The van der Waals surface area contributed by atoms with E-state index < -0.39 is 5.60 Å². The van der Waals surface area contributed by atoms with E-state index >= 15 is 0 Å². The summed E-state index contributed by atoms with van der Waals surface area (Å²) in [6.45, 7) is 5.81. The average Bonchev–Trinajstić information content (AvgIpc) is 2.54. The van der Waals surface area contributed by atoms with Crippen molar-refractivity contribution in [1.29, 1.82) is 0 Å². The van der Waals surface area contributed by atoms with Gasteiger partial charge in [-0.05, 0) is 58.2 Å². The van der Waals surface area contributed by atoms with Crippen LogP contribution in [0.15, 0.2) is 36.5 Å². The van der Waals surface area contributed by atoms with Crippen LogP contribution in [0.25, 0.3) is 11.3 Å². The van der Waals surface area contributed by atoms with Crippen LogP contribution in [0.4, 0.5) is 11.6 Å². The SMILES string of the molecule is CC(CCCC(C)(C)O)Nc1nccc(-c2ccc(N(C)C)cc2)n1. The third kappa shape index (κ3) is 6.35. The van der Waals surface area contributed by atoms with E-state index in [1.54, 1.807) is 6.20 Å². The zero-order chi connectivity index (χ0) is 18.4. The summed E-state index contributed by atoms with van der Waals surface area (Å²) < 4.78 is 0. The molecule has 0 aliphatic rings. The maximum absolute atomic E-state index is 9.79. The van der Waals surface area contributed by atoms with E-state index in [0.29, 0.717) is 5.95 Å². The van der Waals surface area contributed by atoms with Crippen molar-refractivity contribution < 1.29 is 5.11 Å². The molecule has 2 N–H and O–H groups in total. The zero-order valence-electron chi connectivity index (χ0n) is 16.0. The molecule has 0 aliphatic carbocycles. The van der Waals surface area contributed by atoms with Crippen molar-refractivity contribution in [3.63, 3.8) is 0 Å². The van der Waals surface area contributed by atoms with Gasteiger partial charge in [0.15, 0.2) is 0 Å². The van der Waals surface area contributed by atoms with Gasteiger partial charge in [-0.25, -0.2) is 9.97 Å². The molecule has 1 heterocycles. The van der Waals surface area contributed by atoms with Crippen LogP contribution in [0.2, 0.25) is 0 Å². The Kier molecular flexibility index (Phi) is 6.37. The van der Waals surface area contributed by atoms with Crippen molar-refractivity contribution in [2.24, 2.45) is 0 Å². The molecule has 1 atom stereocenters. The Morgan fingerprint density at radius 3 is 2.44 bits per heavy atom. The van der Waals surface area contributed by atoms with Crippen molar-refractivity contribution in [1.82, 2.24) is 9.97 Å². The molecule has 1 aromatic carbocycles. The summed E-state index contributed by atoms with van der Waals surface area (Å²) in [6, 6.07) is 10.5. The first-order chi connectivity index (χ1) is 11.7. The summed E-state index contributed by atoms with van der Waals surface area (Å²) in [5.74, 6) is 0.643. The van der Waals surface area contributed by atoms with E-state index in [1.165, 1.54) is 0 Å². The van der Waals surface area contributed by atoms with E-state index in [9.17, 15) is 5.11 Å². The molecule has 2 rings (SSSR count). The van der Waals surface area contributed by atoms with Crippen LogP contribution in [-0.2, 0) is 0 Å². The Morgan fingerprint density at radius 1 is 1.16 bits per heavy atom. The second-order valence-corrected chi connectivity index (χ2v) is 7.46. The normalized spacial score (nSPS) is 12.7. The number of aliphatic hydroxyl groups is 1. The molecule has 0 spiro atoms. The van der Waals surface area contributed by atoms with Gasteiger partial charge in [0.1, 0.15) is 0 Å². The van der Waals surface area contributed by atoms with Crippen LogP contribution in [0.1, 0.15) is 40.0 Å². The van der Waals surface area contributed by atoms with Crippen LogP contribution in [-0.4, -0.2) is 40.8 Å². The fourth-order valence-corrected chi connectivity index (χ4v) is 2.65. The van der Waals surface area contributed by atoms with E-state index in [4.69, 9.17) is 0 Å². The molecule has 0 fully saturated rings. The molecule has 0 radical (unpaired) electrons. The quantitative estimate of drug-likeness (QED) is 0.760. The van der Waals surface area contributed by atoms with Crippen molar-refractivity contribution in [2.45, 2.75) is 51.7 Å². The fraction of sp³-hybridized carbons (Fsp3) is 0.500. The molecule has 1 aromatic heterocycles. The van der Waals surface area contributed by atoms with Crippen LogP contribution in [0.3, 0.4) is 0 Å². The van der Waals surface area contributed by atoms with Gasteiger partial charge >= 0.3 is 0 Å². The van der Waals surface area contributed by atoms with Gasteiger partial charge in [-0.2, -0.15) is 0 Å². The third-order valence-electron chi connectivity index (χ3n) is 4.14. The van der Waals surface area contributed by atoms with E-state index in [-0.39, 0.29) is 6.04 Å². The monoisotopic (exact) mass is 342 g/mol. The number of nitrogens with one attached hydrogen (secondary N) is 1. The minimum absolute atomic E-state index is 0.258. The lowest BCUT2D eigenvalue weighted by molar-refractivity contribution is 0.0680. The summed E-state index contributed by atoms with van der Waals surface area (Å²) in [4.78, 5) is 11.0. The first-order valence-electron chi connectivity index (χ1n) is 8.84. The molecule has 5 nitrogen and oxygen atoms in total. The van der Waals surface area contributed by atoms with E-state index in [0.717, 1.165) is 36.2 Å². The second kappa shape index (κ2) is 8.30. The highest BCUT2D eigenvalue weighted by atomic mass is 16.3. The molecule has 0 bridgehead atoms. The van der Waals surface area contributed by atoms with Crippen molar-refractivity contribution in [3.8, 4) is 11.3 Å². The Morgan fingerprint density at radius 2 is 1.84 bits per heavy atom. The average molecular weight is 342 g/mol. The number of benzene rings is 1. The summed E-state index contributed by atoms with van der Waals surface area (Å²) in [5, 5.41) is 13.1. The predicted octanol–water partition coefficient (Wildman–Crippen LogP) is 3.95. The topological polar surface area (TPSA) is 61.3 Å². The van der Waals surface area contributed by atoms with Crippen molar-refractivity contribution in [3.05, 3.63) is 36.5 Å².